The van der Waals surface area contributed by atoms with Crippen LogP contribution < -0.4 is 10.6 Å². The van der Waals surface area contributed by atoms with Crippen molar-refractivity contribution in [2.24, 2.45) is 5.73 Å². The zero-order valence-corrected chi connectivity index (χ0v) is 19.2. The molecule has 2 aromatic carbocycles. The molecular formula is C22H20ClFN4O4S. The summed E-state index contributed by atoms with van der Waals surface area (Å²) in [6.07, 6.45) is 1.78. The van der Waals surface area contributed by atoms with E-state index in [2.05, 4.69) is 10.2 Å². The maximum absolute atomic E-state index is 15.1. The second kappa shape index (κ2) is 7.61. The van der Waals surface area contributed by atoms with Crippen LogP contribution in [0.5, 0.6) is 0 Å². The minimum atomic E-state index is -4.04. The summed E-state index contributed by atoms with van der Waals surface area (Å²) in [6.45, 7) is 1.99. The van der Waals surface area contributed by atoms with Crippen LogP contribution in [0.1, 0.15) is 31.2 Å². The second-order valence-electron chi connectivity index (χ2n) is 8.71. The number of hydrogen-bond donors (Lipinski definition) is 1. The van der Waals surface area contributed by atoms with Gasteiger partial charge in [0.15, 0.2) is 9.84 Å². The SMILES string of the molecule is CC1(c2nnc(-c3cc4c(cc3F)S(=O)(=O)C[C@H](N)C(=O)N4Cc3ccc(Cl)cc3)o2)CC1. The van der Waals surface area contributed by atoms with Gasteiger partial charge in [-0.3, -0.25) is 4.79 Å². The highest BCUT2D eigenvalue weighted by molar-refractivity contribution is 7.91. The van der Waals surface area contributed by atoms with Gasteiger partial charge in [-0.25, -0.2) is 12.8 Å². The molecule has 5 rings (SSSR count). The Balaban J connectivity index is 1.65. The van der Waals surface area contributed by atoms with Gasteiger partial charge >= 0.3 is 0 Å². The average molecular weight is 491 g/mol. The van der Waals surface area contributed by atoms with Crippen LogP contribution in [0.2, 0.25) is 5.02 Å². The van der Waals surface area contributed by atoms with Gasteiger partial charge in [-0.05, 0) is 42.7 Å². The van der Waals surface area contributed by atoms with Gasteiger partial charge in [-0.2, -0.15) is 0 Å². The fraction of sp³-hybridized carbons (Fsp3) is 0.318. The summed E-state index contributed by atoms with van der Waals surface area (Å²) in [5, 5.41) is 8.52. The standard InChI is InChI=1S/C22H20ClFN4O4S/c1-22(6-7-22)21-27-26-19(32-21)14-8-17-18(9-15(14)24)33(30,31)11-16(25)20(29)28(17)10-12-2-4-13(23)5-3-12/h2-5,8-9,16H,6-7,10-11,25H2,1H3/t16-/m0/s1. The van der Waals surface area contributed by atoms with E-state index in [0.717, 1.165) is 18.9 Å². The number of anilines is 1. The topological polar surface area (TPSA) is 119 Å². The van der Waals surface area contributed by atoms with Crippen molar-refractivity contribution >= 4 is 33.0 Å². The summed E-state index contributed by atoms with van der Waals surface area (Å²) in [5.41, 5.74) is 6.32. The van der Waals surface area contributed by atoms with Crippen LogP contribution >= 0.6 is 11.6 Å². The second-order valence-corrected chi connectivity index (χ2v) is 11.2. The monoisotopic (exact) mass is 490 g/mol. The molecular weight excluding hydrogens is 471 g/mol. The molecule has 1 aliphatic heterocycles. The highest BCUT2D eigenvalue weighted by Crippen LogP contribution is 2.47. The molecule has 3 aromatic rings. The zero-order chi connectivity index (χ0) is 23.5. The van der Waals surface area contributed by atoms with Crippen LogP contribution in [0, 0.1) is 5.82 Å². The van der Waals surface area contributed by atoms with Crippen molar-refractivity contribution in [2.75, 3.05) is 10.7 Å². The molecule has 2 aliphatic rings. The molecule has 1 aromatic heterocycles. The van der Waals surface area contributed by atoms with E-state index in [-0.39, 0.29) is 34.0 Å². The molecule has 1 amide bonds. The van der Waals surface area contributed by atoms with Crippen molar-refractivity contribution < 1.29 is 22.0 Å². The van der Waals surface area contributed by atoms with E-state index in [1.807, 2.05) is 6.92 Å². The van der Waals surface area contributed by atoms with Crippen molar-refractivity contribution in [1.82, 2.24) is 10.2 Å². The fourth-order valence-electron chi connectivity index (χ4n) is 3.80. The molecule has 172 valence electrons. The molecule has 11 heteroatoms. The number of rotatable bonds is 4. The van der Waals surface area contributed by atoms with Crippen LogP contribution in [0.25, 0.3) is 11.5 Å². The Morgan fingerprint density at radius 2 is 1.94 bits per heavy atom. The first-order valence-electron chi connectivity index (χ1n) is 10.3. The third-order valence-electron chi connectivity index (χ3n) is 6.08. The molecule has 1 saturated carbocycles. The summed E-state index contributed by atoms with van der Waals surface area (Å²) in [7, 11) is -4.04. The van der Waals surface area contributed by atoms with Gasteiger partial charge in [0, 0.05) is 10.4 Å². The average Bonchev–Trinajstić information content (AvgIpc) is 3.33. The summed E-state index contributed by atoms with van der Waals surface area (Å²) in [5.74, 6) is -1.75. The number of halogens is 2. The van der Waals surface area contributed by atoms with Gasteiger partial charge in [0.1, 0.15) is 5.82 Å². The van der Waals surface area contributed by atoms with E-state index in [9.17, 15) is 13.2 Å². The highest BCUT2D eigenvalue weighted by atomic mass is 35.5. The maximum atomic E-state index is 15.1. The first kappa shape index (κ1) is 22.0. The van der Waals surface area contributed by atoms with Crippen LogP contribution in [0.4, 0.5) is 10.1 Å². The summed E-state index contributed by atoms with van der Waals surface area (Å²) in [4.78, 5) is 14.0. The lowest BCUT2D eigenvalue weighted by Gasteiger charge is -2.24. The third kappa shape index (κ3) is 3.92. The lowest BCUT2D eigenvalue weighted by molar-refractivity contribution is -0.119. The number of amides is 1. The first-order chi connectivity index (χ1) is 15.6. The normalized spacial score (nSPS) is 20.9. The molecule has 33 heavy (non-hydrogen) atoms. The molecule has 1 atom stereocenters. The molecule has 0 radical (unpaired) electrons. The lowest BCUT2D eigenvalue weighted by Crippen LogP contribution is -2.45. The van der Waals surface area contributed by atoms with Crippen molar-refractivity contribution in [2.45, 2.75) is 42.7 Å². The molecule has 0 unspecified atom stereocenters. The number of benzene rings is 2. The predicted molar refractivity (Wildman–Crippen MR) is 119 cm³/mol. The van der Waals surface area contributed by atoms with Crippen molar-refractivity contribution in [3.8, 4) is 11.5 Å². The number of nitrogens with zero attached hydrogens (tertiary/aromatic N) is 3. The zero-order valence-electron chi connectivity index (χ0n) is 17.6. The van der Waals surface area contributed by atoms with Crippen molar-refractivity contribution in [1.29, 1.82) is 0 Å². The molecule has 8 nitrogen and oxygen atoms in total. The van der Waals surface area contributed by atoms with Crippen molar-refractivity contribution in [3.63, 3.8) is 0 Å². The Morgan fingerprint density at radius 1 is 1.24 bits per heavy atom. The Labute approximate surface area is 194 Å². The Kier molecular flexibility index (Phi) is 5.07. The van der Waals surface area contributed by atoms with E-state index in [4.69, 9.17) is 21.8 Å². The minimum absolute atomic E-state index is 0.0108. The van der Waals surface area contributed by atoms with Crippen LogP contribution in [0.3, 0.4) is 0 Å². The Hall–Kier alpha value is -2.82. The van der Waals surface area contributed by atoms with Gasteiger partial charge in [0.2, 0.25) is 11.8 Å². The van der Waals surface area contributed by atoms with Crippen LogP contribution in [-0.2, 0) is 26.6 Å². The molecule has 2 N–H and O–H groups in total. The molecule has 1 aliphatic carbocycles. The summed E-state index contributed by atoms with van der Waals surface area (Å²) < 4.78 is 46.7. The number of sulfone groups is 1. The smallest absolute Gasteiger partial charge is 0.250 e. The first-order valence-corrected chi connectivity index (χ1v) is 12.3. The number of aromatic nitrogens is 2. The minimum Gasteiger partial charge on any atom is -0.420 e. The summed E-state index contributed by atoms with van der Waals surface area (Å²) in [6, 6.07) is 7.60. The Morgan fingerprint density at radius 3 is 2.61 bits per heavy atom. The van der Waals surface area contributed by atoms with Gasteiger partial charge in [-0.15, -0.1) is 10.2 Å². The van der Waals surface area contributed by atoms with E-state index >= 15 is 4.39 Å². The number of hydrogen-bond acceptors (Lipinski definition) is 7. The quantitative estimate of drug-likeness (QED) is 0.596. The number of carbonyl (C=O) groups excluding carboxylic acids is 1. The van der Waals surface area contributed by atoms with Gasteiger partial charge < -0.3 is 15.1 Å². The highest BCUT2D eigenvalue weighted by Gasteiger charge is 2.44. The van der Waals surface area contributed by atoms with E-state index in [1.165, 1.54) is 11.0 Å². The van der Waals surface area contributed by atoms with Gasteiger partial charge in [-0.1, -0.05) is 30.7 Å². The predicted octanol–water partition coefficient (Wildman–Crippen LogP) is 3.23. The Bertz CT molecular complexity index is 1370. The fourth-order valence-corrected chi connectivity index (χ4v) is 5.49. The molecule has 0 spiro atoms. The van der Waals surface area contributed by atoms with Gasteiger partial charge in [0.05, 0.1) is 34.5 Å². The molecule has 0 bridgehead atoms. The van der Waals surface area contributed by atoms with Crippen molar-refractivity contribution in [3.05, 3.63) is 58.7 Å². The largest absolute Gasteiger partial charge is 0.420 e. The molecule has 1 fully saturated rings. The number of carbonyl (C=O) groups is 1. The lowest BCUT2D eigenvalue weighted by atomic mass is 10.1. The number of fused-ring (bicyclic) bond motifs is 1. The maximum Gasteiger partial charge on any atom is 0.250 e. The van der Waals surface area contributed by atoms with Gasteiger partial charge in [0.25, 0.3) is 5.89 Å². The van der Waals surface area contributed by atoms with E-state index in [0.29, 0.717) is 16.5 Å². The van der Waals surface area contributed by atoms with Crippen LogP contribution in [0.15, 0.2) is 45.7 Å². The van der Waals surface area contributed by atoms with Crippen LogP contribution in [-0.4, -0.2) is 36.3 Å². The summed E-state index contributed by atoms with van der Waals surface area (Å²) >= 11 is 5.95. The third-order valence-corrected chi connectivity index (χ3v) is 8.13. The van der Waals surface area contributed by atoms with E-state index < -0.39 is 33.4 Å². The molecule has 0 saturated heterocycles. The van der Waals surface area contributed by atoms with E-state index in [1.54, 1.807) is 24.3 Å². The molecule has 2 heterocycles. The number of nitrogens with two attached hydrogens (primary N) is 1.